The van der Waals surface area contributed by atoms with Crippen LogP contribution >= 0.6 is 0 Å². The van der Waals surface area contributed by atoms with E-state index in [1.807, 2.05) is 31.2 Å². The molecule has 0 saturated heterocycles. The Morgan fingerprint density at radius 2 is 1.75 bits per heavy atom. The topological polar surface area (TPSA) is 27.1 Å². The quantitative estimate of drug-likeness (QED) is 0.714. The molecule has 0 atom stereocenters. The van der Waals surface area contributed by atoms with Crippen molar-refractivity contribution in [3.05, 3.63) is 72.3 Å². The van der Waals surface area contributed by atoms with Crippen LogP contribution < -0.4 is 4.74 Å². The van der Waals surface area contributed by atoms with Crippen LogP contribution in [0, 0.1) is 12.7 Å². The molecule has 0 amide bonds. The molecule has 3 rings (SSSR count). The Morgan fingerprint density at radius 1 is 1.00 bits per heavy atom. The van der Waals surface area contributed by atoms with Crippen LogP contribution in [0.3, 0.4) is 0 Å². The number of halogens is 1. The SMILES string of the molecule is Cc1ccccc1-n1cc(Oc2ccc(F)cc2)cn1. The van der Waals surface area contributed by atoms with Crippen molar-refractivity contribution in [2.24, 2.45) is 0 Å². The van der Waals surface area contributed by atoms with Crippen LogP contribution in [0.2, 0.25) is 0 Å². The molecule has 0 N–H and O–H groups in total. The van der Waals surface area contributed by atoms with Gasteiger partial charge >= 0.3 is 0 Å². The van der Waals surface area contributed by atoms with Crippen LogP contribution in [0.5, 0.6) is 11.5 Å². The molecule has 2 aromatic carbocycles. The van der Waals surface area contributed by atoms with Gasteiger partial charge in [-0.05, 0) is 42.8 Å². The average molecular weight is 268 g/mol. The van der Waals surface area contributed by atoms with E-state index in [9.17, 15) is 4.39 Å². The van der Waals surface area contributed by atoms with Gasteiger partial charge in [0, 0.05) is 0 Å². The second kappa shape index (κ2) is 5.17. The zero-order valence-electron chi connectivity index (χ0n) is 11.0. The molecule has 1 heterocycles. The number of aryl methyl sites for hydroxylation is 1. The Bertz CT molecular complexity index is 719. The summed E-state index contributed by atoms with van der Waals surface area (Å²) in [7, 11) is 0. The maximum atomic E-state index is 12.8. The first-order valence-electron chi connectivity index (χ1n) is 6.26. The van der Waals surface area contributed by atoms with Gasteiger partial charge in [0.15, 0.2) is 5.75 Å². The molecular formula is C16H13FN2O. The summed E-state index contributed by atoms with van der Waals surface area (Å²) >= 11 is 0. The van der Waals surface area contributed by atoms with Crippen LogP contribution in [0.1, 0.15) is 5.56 Å². The third-order valence-corrected chi connectivity index (χ3v) is 2.97. The Kier molecular flexibility index (Phi) is 3.21. The van der Waals surface area contributed by atoms with E-state index < -0.39 is 0 Å². The summed E-state index contributed by atoms with van der Waals surface area (Å²) < 4.78 is 20.2. The summed E-state index contributed by atoms with van der Waals surface area (Å²) in [6, 6.07) is 13.9. The first-order valence-corrected chi connectivity index (χ1v) is 6.26. The average Bonchev–Trinajstić information content (AvgIpc) is 2.90. The minimum Gasteiger partial charge on any atom is -0.454 e. The van der Waals surface area contributed by atoms with Gasteiger partial charge in [-0.3, -0.25) is 0 Å². The summed E-state index contributed by atoms with van der Waals surface area (Å²) in [5.41, 5.74) is 2.13. The van der Waals surface area contributed by atoms with Crippen molar-refractivity contribution in [3.63, 3.8) is 0 Å². The zero-order valence-corrected chi connectivity index (χ0v) is 11.0. The van der Waals surface area contributed by atoms with E-state index in [1.54, 1.807) is 29.2 Å². The summed E-state index contributed by atoms with van der Waals surface area (Å²) in [6.45, 7) is 2.03. The molecule has 0 radical (unpaired) electrons. The second-order valence-electron chi connectivity index (χ2n) is 4.46. The van der Waals surface area contributed by atoms with Gasteiger partial charge in [-0.25, -0.2) is 9.07 Å². The van der Waals surface area contributed by atoms with E-state index in [4.69, 9.17) is 4.74 Å². The van der Waals surface area contributed by atoms with Gasteiger partial charge in [0.05, 0.1) is 18.1 Å². The Labute approximate surface area is 116 Å². The number of nitrogens with zero attached hydrogens (tertiary/aromatic N) is 2. The van der Waals surface area contributed by atoms with Gasteiger partial charge in [0.2, 0.25) is 0 Å². The molecule has 0 unspecified atom stereocenters. The highest BCUT2D eigenvalue weighted by Gasteiger charge is 2.05. The third kappa shape index (κ3) is 2.54. The van der Waals surface area contributed by atoms with Crippen molar-refractivity contribution in [2.75, 3.05) is 0 Å². The highest BCUT2D eigenvalue weighted by atomic mass is 19.1. The maximum absolute atomic E-state index is 12.8. The van der Waals surface area contributed by atoms with Crippen molar-refractivity contribution in [1.82, 2.24) is 9.78 Å². The fraction of sp³-hybridized carbons (Fsp3) is 0.0625. The van der Waals surface area contributed by atoms with Crippen molar-refractivity contribution < 1.29 is 9.13 Å². The highest BCUT2D eigenvalue weighted by molar-refractivity contribution is 5.40. The van der Waals surface area contributed by atoms with Crippen molar-refractivity contribution in [1.29, 1.82) is 0 Å². The van der Waals surface area contributed by atoms with Gasteiger partial charge in [-0.15, -0.1) is 0 Å². The number of aromatic nitrogens is 2. The van der Waals surface area contributed by atoms with E-state index in [1.165, 1.54) is 12.1 Å². The standard InChI is InChI=1S/C16H13FN2O/c1-12-4-2-3-5-16(12)19-11-15(10-18-19)20-14-8-6-13(17)7-9-14/h2-11H,1H3. The fourth-order valence-electron chi connectivity index (χ4n) is 1.95. The van der Waals surface area contributed by atoms with Crippen LogP contribution in [-0.4, -0.2) is 9.78 Å². The molecule has 0 aliphatic heterocycles. The molecule has 0 spiro atoms. The summed E-state index contributed by atoms with van der Waals surface area (Å²) in [5.74, 6) is 0.906. The van der Waals surface area contributed by atoms with Crippen molar-refractivity contribution in [2.45, 2.75) is 6.92 Å². The van der Waals surface area contributed by atoms with Crippen LogP contribution in [0.25, 0.3) is 5.69 Å². The number of hydrogen-bond acceptors (Lipinski definition) is 2. The lowest BCUT2D eigenvalue weighted by Crippen LogP contribution is -1.96. The highest BCUT2D eigenvalue weighted by Crippen LogP contribution is 2.22. The van der Waals surface area contributed by atoms with Crippen LogP contribution in [0.4, 0.5) is 4.39 Å². The van der Waals surface area contributed by atoms with Gasteiger partial charge in [-0.2, -0.15) is 5.10 Å². The Morgan fingerprint density at radius 3 is 2.50 bits per heavy atom. The normalized spacial score (nSPS) is 10.5. The van der Waals surface area contributed by atoms with Gasteiger partial charge in [-0.1, -0.05) is 18.2 Å². The van der Waals surface area contributed by atoms with Crippen LogP contribution in [0.15, 0.2) is 60.9 Å². The molecule has 3 nitrogen and oxygen atoms in total. The largest absolute Gasteiger partial charge is 0.454 e. The number of ether oxygens (including phenoxy) is 1. The molecule has 100 valence electrons. The fourth-order valence-corrected chi connectivity index (χ4v) is 1.95. The molecule has 20 heavy (non-hydrogen) atoms. The molecule has 3 aromatic rings. The summed E-state index contributed by atoms with van der Waals surface area (Å²) in [6.07, 6.45) is 3.43. The first kappa shape index (κ1) is 12.4. The van der Waals surface area contributed by atoms with Gasteiger partial charge < -0.3 is 4.74 Å². The molecule has 0 fully saturated rings. The van der Waals surface area contributed by atoms with E-state index in [-0.39, 0.29) is 5.82 Å². The zero-order chi connectivity index (χ0) is 13.9. The second-order valence-corrected chi connectivity index (χ2v) is 4.46. The number of para-hydroxylation sites is 1. The lowest BCUT2D eigenvalue weighted by molar-refractivity contribution is 0.480. The van der Waals surface area contributed by atoms with E-state index in [0.717, 1.165) is 11.3 Å². The van der Waals surface area contributed by atoms with Crippen molar-refractivity contribution in [3.8, 4) is 17.2 Å². The maximum Gasteiger partial charge on any atom is 0.165 e. The van der Waals surface area contributed by atoms with E-state index >= 15 is 0 Å². The predicted octanol–water partition coefficient (Wildman–Crippen LogP) is 4.11. The van der Waals surface area contributed by atoms with E-state index in [0.29, 0.717) is 11.5 Å². The summed E-state index contributed by atoms with van der Waals surface area (Å²) in [5, 5.41) is 4.28. The molecule has 0 aliphatic rings. The summed E-state index contributed by atoms with van der Waals surface area (Å²) in [4.78, 5) is 0. The lowest BCUT2D eigenvalue weighted by Gasteiger charge is -2.04. The molecule has 1 aromatic heterocycles. The smallest absolute Gasteiger partial charge is 0.165 e. The molecule has 0 saturated carbocycles. The predicted molar refractivity (Wildman–Crippen MR) is 74.8 cm³/mol. The number of benzene rings is 2. The first-order chi connectivity index (χ1) is 9.72. The van der Waals surface area contributed by atoms with Gasteiger partial charge in [0.25, 0.3) is 0 Å². The van der Waals surface area contributed by atoms with Gasteiger partial charge in [0.1, 0.15) is 11.6 Å². The minimum atomic E-state index is -0.284. The minimum absolute atomic E-state index is 0.284. The monoisotopic (exact) mass is 268 g/mol. The Balaban J connectivity index is 1.84. The molecule has 4 heteroatoms. The molecule has 0 aliphatic carbocycles. The molecule has 0 bridgehead atoms. The lowest BCUT2D eigenvalue weighted by atomic mass is 10.2. The third-order valence-electron chi connectivity index (χ3n) is 2.97. The number of hydrogen-bond donors (Lipinski definition) is 0. The van der Waals surface area contributed by atoms with Crippen molar-refractivity contribution >= 4 is 0 Å². The van der Waals surface area contributed by atoms with Crippen LogP contribution in [-0.2, 0) is 0 Å². The number of rotatable bonds is 3. The Hall–Kier alpha value is -2.62. The molecular weight excluding hydrogens is 255 g/mol. The van der Waals surface area contributed by atoms with E-state index in [2.05, 4.69) is 5.10 Å².